The summed E-state index contributed by atoms with van der Waals surface area (Å²) in [6.07, 6.45) is 0.547. The number of nitrogens with one attached hydrogen (secondary N) is 3. The van der Waals surface area contributed by atoms with Gasteiger partial charge >= 0.3 is 6.03 Å². The molecule has 0 radical (unpaired) electrons. The monoisotopic (exact) mass is 510 g/mol. The summed E-state index contributed by atoms with van der Waals surface area (Å²) < 4.78 is 27.9. The van der Waals surface area contributed by atoms with Crippen molar-refractivity contribution < 1.29 is 18.7 Å². The van der Waals surface area contributed by atoms with Gasteiger partial charge in [0, 0.05) is 44.4 Å². The molecule has 11 nitrogen and oxygen atoms in total. The van der Waals surface area contributed by atoms with Crippen LogP contribution in [0.25, 0.3) is 11.2 Å². The Labute approximate surface area is 213 Å². The summed E-state index contributed by atoms with van der Waals surface area (Å²) in [4.78, 5) is 29.0. The molecule has 2 fully saturated rings. The van der Waals surface area contributed by atoms with Crippen LogP contribution in [0.2, 0.25) is 0 Å². The molecule has 3 N–H and O–H groups in total. The van der Waals surface area contributed by atoms with Crippen LogP contribution in [-0.2, 0) is 16.1 Å². The van der Waals surface area contributed by atoms with E-state index in [2.05, 4.69) is 55.7 Å². The minimum Gasteiger partial charge on any atom is -0.372 e. The Balaban J connectivity index is 1.45. The van der Waals surface area contributed by atoms with Gasteiger partial charge in [0.05, 0.1) is 31.0 Å². The fraction of sp³-hybridized carbons (Fsp3) is 0.520. The maximum Gasteiger partial charge on any atom is 0.328 e. The van der Waals surface area contributed by atoms with Gasteiger partial charge in [-0.1, -0.05) is 0 Å². The summed E-state index contributed by atoms with van der Waals surface area (Å²) in [6, 6.07) is 5.23. The molecule has 1 aromatic carbocycles. The van der Waals surface area contributed by atoms with Gasteiger partial charge in [0.25, 0.3) is 0 Å². The van der Waals surface area contributed by atoms with E-state index in [1.165, 1.54) is 10.9 Å². The number of anilines is 4. The highest BCUT2D eigenvalue weighted by Crippen LogP contribution is 2.31. The largest absolute Gasteiger partial charge is 0.372 e. The number of hydrogen-bond donors (Lipinski definition) is 3. The van der Waals surface area contributed by atoms with Crippen LogP contribution in [0.15, 0.2) is 24.5 Å². The van der Waals surface area contributed by atoms with Gasteiger partial charge in [-0.2, -0.15) is 9.97 Å². The molecule has 1 unspecified atom stereocenters. The van der Waals surface area contributed by atoms with Crippen LogP contribution in [0.5, 0.6) is 0 Å². The molecular formula is C25H31FN8O3. The lowest BCUT2D eigenvalue weighted by Crippen LogP contribution is -2.45. The minimum absolute atomic E-state index is 0.103. The van der Waals surface area contributed by atoms with Crippen LogP contribution in [0, 0.1) is 0 Å². The van der Waals surface area contributed by atoms with Crippen molar-refractivity contribution in [3.8, 4) is 0 Å². The Kier molecular flexibility index (Phi) is 6.07. The highest BCUT2D eigenvalue weighted by Gasteiger charge is 2.37. The van der Waals surface area contributed by atoms with Crippen molar-refractivity contribution in [2.45, 2.75) is 63.8 Å². The lowest BCUT2D eigenvalue weighted by atomic mass is 10.1. The molecule has 4 heterocycles. The molecule has 196 valence electrons. The number of fused-ring (bicyclic) bond motifs is 4. The first-order chi connectivity index (χ1) is 17.9. The Bertz CT molecular complexity index is 1320. The van der Waals surface area contributed by atoms with Crippen LogP contribution >= 0.6 is 0 Å². The van der Waals surface area contributed by atoms with E-state index in [1.807, 2.05) is 12.1 Å². The number of rotatable bonds is 2. The van der Waals surface area contributed by atoms with Crippen molar-refractivity contribution >= 4 is 40.3 Å². The van der Waals surface area contributed by atoms with Crippen LogP contribution in [0.4, 0.5) is 32.3 Å². The average Bonchev–Trinajstić information content (AvgIpc) is 3.44. The maximum absolute atomic E-state index is 14.4. The fourth-order valence-corrected chi connectivity index (χ4v) is 5.52. The third-order valence-electron chi connectivity index (χ3n) is 7.09. The summed E-state index contributed by atoms with van der Waals surface area (Å²) in [5, 5.41) is 9.28. The second-order valence-electron chi connectivity index (χ2n) is 10.1. The topological polar surface area (TPSA) is 118 Å². The number of halogens is 1. The van der Waals surface area contributed by atoms with Gasteiger partial charge in [0.2, 0.25) is 5.95 Å². The molecule has 3 aromatic rings. The Morgan fingerprint density at radius 2 is 1.95 bits per heavy atom. The molecule has 1 aliphatic carbocycles. The van der Waals surface area contributed by atoms with E-state index in [4.69, 9.17) is 9.47 Å². The molecule has 2 aliphatic heterocycles. The van der Waals surface area contributed by atoms with Gasteiger partial charge in [0.15, 0.2) is 17.0 Å². The van der Waals surface area contributed by atoms with E-state index < -0.39 is 24.3 Å². The number of alkyl halides is 1. The number of aromatic nitrogens is 4. The standard InChI is InChI=1S/C25H31FN8O3/c1-13-9-33(10-14(2)37-13)18-5-15-4-17(8-18)29-24-31-22(27-3)21-23(32-24)34(12-28-21)25(35)30-19-6-16(26)7-20(19)36-11-15/h4-5,8,12-14,16,19-20H,6-7,9-11H2,1-3H3,(H,30,35)(H2,27,29,31,32)/t13-,14+,16?,19-,20-/m1/s1. The van der Waals surface area contributed by atoms with E-state index >= 15 is 0 Å². The normalized spacial score (nSPS) is 27.9. The second-order valence-corrected chi connectivity index (χ2v) is 10.1. The molecule has 5 atom stereocenters. The van der Waals surface area contributed by atoms with E-state index in [0.717, 1.165) is 30.0 Å². The first kappa shape index (κ1) is 23.9. The van der Waals surface area contributed by atoms with E-state index in [9.17, 15) is 9.18 Å². The van der Waals surface area contributed by atoms with Gasteiger partial charge in [-0.25, -0.2) is 18.7 Å². The molecule has 6 rings (SSSR count). The quantitative estimate of drug-likeness (QED) is 0.478. The number of amides is 1. The van der Waals surface area contributed by atoms with Gasteiger partial charge in [-0.3, -0.25) is 0 Å². The van der Waals surface area contributed by atoms with Gasteiger partial charge in [-0.05, 0) is 37.6 Å². The Morgan fingerprint density at radius 3 is 2.73 bits per heavy atom. The molecule has 12 heteroatoms. The molecule has 37 heavy (non-hydrogen) atoms. The zero-order chi connectivity index (χ0) is 25.7. The van der Waals surface area contributed by atoms with Crippen LogP contribution in [-0.4, -0.2) is 76.2 Å². The average molecular weight is 511 g/mol. The Morgan fingerprint density at radius 1 is 1.14 bits per heavy atom. The lowest BCUT2D eigenvalue weighted by Gasteiger charge is -2.37. The molecular weight excluding hydrogens is 479 g/mol. The summed E-state index contributed by atoms with van der Waals surface area (Å²) in [5.41, 5.74) is 3.54. The maximum atomic E-state index is 14.4. The summed E-state index contributed by atoms with van der Waals surface area (Å²) in [7, 11) is 1.74. The zero-order valence-corrected chi connectivity index (χ0v) is 21.1. The third-order valence-corrected chi connectivity index (χ3v) is 7.09. The lowest BCUT2D eigenvalue weighted by molar-refractivity contribution is -0.00524. The van der Waals surface area contributed by atoms with Crippen molar-refractivity contribution in [1.29, 1.82) is 0 Å². The number of hydrogen-bond acceptors (Lipinski definition) is 9. The highest BCUT2D eigenvalue weighted by atomic mass is 19.1. The van der Waals surface area contributed by atoms with Crippen LogP contribution in [0.1, 0.15) is 32.3 Å². The van der Waals surface area contributed by atoms with Crippen molar-refractivity contribution in [1.82, 2.24) is 24.8 Å². The fourth-order valence-electron chi connectivity index (χ4n) is 5.52. The number of morpholine rings is 1. The van der Waals surface area contributed by atoms with Crippen molar-refractivity contribution in [3.05, 3.63) is 30.1 Å². The molecule has 1 saturated heterocycles. The molecule has 0 spiro atoms. The molecule has 3 aliphatic rings. The van der Waals surface area contributed by atoms with E-state index in [1.54, 1.807) is 7.05 Å². The number of ether oxygens (including phenoxy) is 2. The molecule has 1 saturated carbocycles. The van der Waals surface area contributed by atoms with Gasteiger partial charge < -0.3 is 30.3 Å². The smallest absolute Gasteiger partial charge is 0.328 e. The minimum atomic E-state index is -1.05. The number of imidazole rings is 1. The van der Waals surface area contributed by atoms with E-state index in [-0.39, 0.29) is 31.7 Å². The number of carbonyl (C=O) groups excluding carboxylic acids is 1. The summed E-state index contributed by atoms with van der Waals surface area (Å²) in [5.74, 6) is 0.808. The number of nitrogens with zero attached hydrogens (tertiary/aromatic N) is 5. The first-order valence-electron chi connectivity index (χ1n) is 12.7. The van der Waals surface area contributed by atoms with Gasteiger partial charge in [0.1, 0.15) is 12.5 Å². The van der Waals surface area contributed by atoms with Crippen LogP contribution < -0.4 is 20.9 Å². The van der Waals surface area contributed by atoms with Gasteiger partial charge in [-0.15, -0.1) is 0 Å². The van der Waals surface area contributed by atoms with Crippen molar-refractivity contribution in [3.63, 3.8) is 0 Å². The molecule has 2 aromatic heterocycles. The molecule has 1 amide bonds. The Hall–Kier alpha value is -3.51. The van der Waals surface area contributed by atoms with Crippen molar-refractivity contribution in [2.75, 3.05) is 35.7 Å². The summed E-state index contributed by atoms with van der Waals surface area (Å²) in [6.45, 7) is 5.95. The number of carbonyl (C=O) groups is 1. The summed E-state index contributed by atoms with van der Waals surface area (Å²) >= 11 is 0. The zero-order valence-electron chi connectivity index (χ0n) is 21.1. The van der Waals surface area contributed by atoms with Crippen LogP contribution in [0.3, 0.4) is 0 Å². The van der Waals surface area contributed by atoms with E-state index in [0.29, 0.717) is 22.9 Å². The predicted octanol–water partition coefficient (Wildman–Crippen LogP) is 3.18. The predicted molar refractivity (Wildman–Crippen MR) is 137 cm³/mol. The highest BCUT2D eigenvalue weighted by molar-refractivity contribution is 5.92. The SMILES string of the molecule is CNc1nc2nc3c1ncn3C(=O)N[C@@H]1CC(F)C[C@H]1OCc1cc(cc(N3C[C@@H](C)O[C@@H](C)C3)c1)N2. The number of benzene rings is 1. The third kappa shape index (κ3) is 4.66. The molecule has 4 bridgehead atoms. The second kappa shape index (κ2) is 9.42. The first-order valence-corrected chi connectivity index (χ1v) is 12.7. The van der Waals surface area contributed by atoms with Crippen molar-refractivity contribution in [2.24, 2.45) is 0 Å².